The van der Waals surface area contributed by atoms with Gasteiger partial charge in [0.1, 0.15) is 5.82 Å². The Morgan fingerprint density at radius 2 is 2.12 bits per heavy atom. The van der Waals surface area contributed by atoms with Crippen LogP contribution in [0.2, 0.25) is 0 Å². The third-order valence-electron chi connectivity index (χ3n) is 6.17. The molecule has 1 saturated heterocycles. The zero-order valence-electron chi connectivity index (χ0n) is 17.6. The number of thioether (sulfide) groups is 2. The second kappa shape index (κ2) is 9.41. The molecule has 1 N–H and O–H groups in total. The molecule has 3 aliphatic rings. The van der Waals surface area contributed by atoms with Gasteiger partial charge in [-0.15, -0.1) is 0 Å². The number of allylic oxidation sites excluding steroid dienone is 2. The number of benzene rings is 1. The first-order chi connectivity index (χ1) is 15.6. The number of fused-ring (bicyclic) bond motifs is 1. The first kappa shape index (κ1) is 21.7. The molecule has 3 aliphatic heterocycles. The Labute approximate surface area is 194 Å². The van der Waals surface area contributed by atoms with E-state index in [1.807, 2.05) is 6.08 Å². The molecule has 9 heteroatoms. The third kappa shape index (κ3) is 4.65. The molecule has 0 spiro atoms. The number of likely N-dealkylation sites (tertiary alicyclic amines) is 1. The Hall–Kier alpha value is -2.10. The zero-order valence-corrected chi connectivity index (χ0v) is 19.2. The second-order valence-corrected chi connectivity index (χ2v) is 10.7. The lowest BCUT2D eigenvalue weighted by Crippen LogP contribution is -2.34. The van der Waals surface area contributed by atoms with Gasteiger partial charge in [0.05, 0.1) is 21.3 Å². The molecule has 0 unspecified atom stereocenters. The molecular weight excluding hydrogens is 449 g/mol. The summed E-state index contributed by atoms with van der Waals surface area (Å²) in [5, 5.41) is 8.50. The Morgan fingerprint density at radius 1 is 1.28 bits per heavy atom. The largest absolute Gasteiger partial charge is 0.383 e. The van der Waals surface area contributed by atoms with Gasteiger partial charge in [0.2, 0.25) is 0 Å². The van der Waals surface area contributed by atoms with Gasteiger partial charge in [0, 0.05) is 36.0 Å². The fourth-order valence-corrected chi connectivity index (χ4v) is 6.71. The van der Waals surface area contributed by atoms with Gasteiger partial charge < -0.3 is 14.7 Å². The van der Waals surface area contributed by atoms with Crippen LogP contribution in [0.5, 0.6) is 0 Å². The summed E-state index contributed by atoms with van der Waals surface area (Å²) in [7, 11) is 0. The molecule has 2 aromatic rings. The Balaban J connectivity index is 1.09. The highest BCUT2D eigenvalue weighted by molar-refractivity contribution is 8.31. The molecule has 0 aliphatic carbocycles. The molecule has 1 aromatic heterocycles. The summed E-state index contributed by atoms with van der Waals surface area (Å²) in [6.07, 6.45) is 5.65. The number of nitrogens with one attached hydrogen (secondary N) is 1. The van der Waals surface area contributed by atoms with E-state index in [0.717, 1.165) is 64.8 Å². The fourth-order valence-electron chi connectivity index (χ4n) is 4.46. The number of hydrogen-bond acceptors (Lipinski definition) is 8. The van der Waals surface area contributed by atoms with E-state index in [2.05, 4.69) is 15.4 Å². The lowest BCUT2D eigenvalue weighted by Gasteiger charge is -2.31. The fraction of sp³-hybridized carbons (Fsp3) is 0.435. The van der Waals surface area contributed by atoms with E-state index < -0.39 is 0 Å². The standard InChI is InChI=1S/C23H24FN3O3S2/c24-15-3-4-16-19(12-15)30-26-22(16)14-6-10-27(11-7-14)9-1-2-18(28)20-5-8-25-17-13-21(29)32-23(17)31-20/h3-5,12,14,25H,1-2,6-11,13H2. The molecule has 0 bridgehead atoms. The molecule has 4 heterocycles. The average Bonchev–Trinajstić information content (AvgIpc) is 3.30. The summed E-state index contributed by atoms with van der Waals surface area (Å²) >= 11 is 2.68. The number of halogens is 1. The van der Waals surface area contributed by atoms with Gasteiger partial charge >= 0.3 is 0 Å². The number of nitrogens with zero attached hydrogens (tertiary/aromatic N) is 2. The number of hydrogen-bond donors (Lipinski definition) is 1. The van der Waals surface area contributed by atoms with Crippen LogP contribution in [0.25, 0.3) is 11.0 Å². The maximum Gasteiger partial charge on any atom is 0.200 e. The smallest absolute Gasteiger partial charge is 0.200 e. The predicted molar refractivity (Wildman–Crippen MR) is 125 cm³/mol. The monoisotopic (exact) mass is 473 g/mol. The summed E-state index contributed by atoms with van der Waals surface area (Å²) in [5.41, 5.74) is 2.39. The van der Waals surface area contributed by atoms with Crippen LogP contribution in [-0.4, -0.2) is 47.1 Å². The van der Waals surface area contributed by atoms with Crippen molar-refractivity contribution in [3.8, 4) is 0 Å². The Kier molecular flexibility index (Phi) is 6.39. The summed E-state index contributed by atoms with van der Waals surface area (Å²) < 4.78 is 19.6. The maximum absolute atomic E-state index is 13.4. The normalized spacial score (nSPS) is 20.3. The molecule has 1 aromatic carbocycles. The van der Waals surface area contributed by atoms with Gasteiger partial charge in [0.15, 0.2) is 16.5 Å². The molecule has 0 atom stereocenters. The van der Waals surface area contributed by atoms with Gasteiger partial charge in [-0.25, -0.2) is 4.39 Å². The Bertz CT molecular complexity index is 1120. The van der Waals surface area contributed by atoms with Crippen LogP contribution >= 0.6 is 23.5 Å². The van der Waals surface area contributed by atoms with Crippen molar-refractivity contribution in [3.63, 3.8) is 0 Å². The molecule has 5 rings (SSSR count). The lowest BCUT2D eigenvalue weighted by atomic mass is 9.91. The number of Topliss-reactive ketones (excluding diaryl/α,β-unsaturated/α-hetero) is 1. The van der Waals surface area contributed by atoms with E-state index in [9.17, 15) is 14.0 Å². The highest BCUT2D eigenvalue weighted by Crippen LogP contribution is 2.44. The van der Waals surface area contributed by atoms with Gasteiger partial charge in [0.25, 0.3) is 0 Å². The van der Waals surface area contributed by atoms with E-state index >= 15 is 0 Å². The van der Waals surface area contributed by atoms with Gasteiger partial charge in [-0.2, -0.15) is 0 Å². The summed E-state index contributed by atoms with van der Waals surface area (Å²) in [4.78, 5) is 27.5. The highest BCUT2D eigenvalue weighted by atomic mass is 32.2. The van der Waals surface area contributed by atoms with Crippen molar-refractivity contribution in [3.05, 3.63) is 50.6 Å². The molecule has 0 radical (unpaired) electrons. The van der Waals surface area contributed by atoms with Crippen molar-refractivity contribution in [2.75, 3.05) is 26.2 Å². The van der Waals surface area contributed by atoms with Gasteiger partial charge in [-0.3, -0.25) is 9.59 Å². The first-order valence-corrected chi connectivity index (χ1v) is 12.6. The summed E-state index contributed by atoms with van der Waals surface area (Å²) in [6, 6.07) is 4.59. The van der Waals surface area contributed by atoms with Crippen molar-refractivity contribution < 1.29 is 18.5 Å². The minimum absolute atomic E-state index is 0.137. The molecule has 0 amide bonds. The van der Waals surface area contributed by atoms with Gasteiger partial charge in [-0.1, -0.05) is 16.9 Å². The zero-order chi connectivity index (χ0) is 22.1. The maximum atomic E-state index is 13.4. The van der Waals surface area contributed by atoms with E-state index in [-0.39, 0.29) is 16.7 Å². The van der Waals surface area contributed by atoms with E-state index in [0.29, 0.717) is 30.9 Å². The SMILES string of the molecule is O=C1CC2=C(S1)SC(C(=O)CCCN1CCC(c3noc4cc(F)ccc34)CC1)=CCN2. The average molecular weight is 474 g/mol. The topological polar surface area (TPSA) is 75.4 Å². The van der Waals surface area contributed by atoms with Gasteiger partial charge in [-0.05, 0) is 68.9 Å². The molecule has 32 heavy (non-hydrogen) atoms. The molecular formula is C23H24FN3O3S2. The van der Waals surface area contributed by atoms with Crippen LogP contribution in [0.15, 0.2) is 43.6 Å². The van der Waals surface area contributed by atoms with Crippen LogP contribution in [-0.2, 0) is 9.59 Å². The number of ketones is 1. The van der Waals surface area contributed by atoms with Crippen LogP contribution < -0.4 is 5.32 Å². The van der Waals surface area contributed by atoms with Crippen molar-refractivity contribution in [2.24, 2.45) is 0 Å². The minimum atomic E-state index is -0.313. The van der Waals surface area contributed by atoms with Crippen molar-refractivity contribution >= 4 is 45.4 Å². The van der Waals surface area contributed by atoms with E-state index in [1.54, 1.807) is 6.07 Å². The van der Waals surface area contributed by atoms with Crippen molar-refractivity contribution in [1.82, 2.24) is 15.4 Å². The predicted octanol–water partition coefficient (Wildman–Crippen LogP) is 4.55. The number of rotatable bonds is 6. The molecule has 6 nitrogen and oxygen atoms in total. The number of carbonyl (C=O) groups is 2. The van der Waals surface area contributed by atoms with Crippen LogP contribution in [0.4, 0.5) is 4.39 Å². The number of aromatic nitrogens is 1. The first-order valence-electron chi connectivity index (χ1n) is 10.9. The van der Waals surface area contributed by atoms with Crippen LogP contribution in [0.1, 0.15) is 43.7 Å². The lowest BCUT2D eigenvalue weighted by molar-refractivity contribution is -0.115. The summed E-state index contributed by atoms with van der Waals surface area (Å²) in [5.74, 6) is 0.155. The van der Waals surface area contributed by atoms with Crippen molar-refractivity contribution in [1.29, 1.82) is 0 Å². The third-order valence-corrected chi connectivity index (χ3v) is 8.52. The van der Waals surface area contributed by atoms with Crippen LogP contribution in [0, 0.1) is 5.82 Å². The molecule has 168 valence electrons. The molecule has 1 fully saturated rings. The highest BCUT2D eigenvalue weighted by Gasteiger charge is 2.28. The van der Waals surface area contributed by atoms with Crippen molar-refractivity contribution in [2.45, 2.75) is 38.0 Å². The second-order valence-electron chi connectivity index (χ2n) is 8.32. The van der Waals surface area contributed by atoms with Crippen LogP contribution in [0.3, 0.4) is 0 Å². The van der Waals surface area contributed by atoms with E-state index in [4.69, 9.17) is 4.52 Å². The minimum Gasteiger partial charge on any atom is -0.383 e. The quantitative estimate of drug-likeness (QED) is 0.655. The number of piperidine rings is 1. The number of carbonyl (C=O) groups excluding carboxylic acids is 2. The molecule has 0 saturated carbocycles. The Morgan fingerprint density at radius 3 is 2.97 bits per heavy atom. The van der Waals surface area contributed by atoms with E-state index in [1.165, 1.54) is 35.7 Å². The summed E-state index contributed by atoms with van der Waals surface area (Å²) in [6.45, 7) is 3.38.